The highest BCUT2D eigenvalue weighted by molar-refractivity contribution is 7.99. The zero-order valence-corrected chi connectivity index (χ0v) is 14.2. The summed E-state index contributed by atoms with van der Waals surface area (Å²) in [5.74, 6) is 2.61. The monoisotopic (exact) mass is 317 g/mol. The molecule has 0 radical (unpaired) electrons. The van der Waals surface area contributed by atoms with Crippen molar-refractivity contribution >= 4 is 23.4 Å². The highest BCUT2D eigenvalue weighted by Gasteiger charge is 2.11. The minimum absolute atomic E-state index is 0.195. The molecule has 0 saturated carbocycles. The summed E-state index contributed by atoms with van der Waals surface area (Å²) in [4.78, 5) is 0. The van der Waals surface area contributed by atoms with Gasteiger partial charge in [-0.15, -0.1) is 0 Å². The van der Waals surface area contributed by atoms with Crippen LogP contribution in [0.5, 0.6) is 0 Å². The van der Waals surface area contributed by atoms with E-state index in [4.69, 9.17) is 11.6 Å². The van der Waals surface area contributed by atoms with Gasteiger partial charge in [-0.1, -0.05) is 38.4 Å². The lowest BCUT2D eigenvalue weighted by molar-refractivity contribution is 0.547. The molecule has 0 aromatic heterocycles. The number of halogens is 2. The van der Waals surface area contributed by atoms with Gasteiger partial charge in [0.05, 0.1) is 5.02 Å². The molecule has 0 aliphatic heterocycles. The Morgan fingerprint density at radius 3 is 2.65 bits per heavy atom. The van der Waals surface area contributed by atoms with Crippen LogP contribution in [-0.4, -0.2) is 24.1 Å². The summed E-state index contributed by atoms with van der Waals surface area (Å²) >= 11 is 7.69. The van der Waals surface area contributed by atoms with Gasteiger partial charge in [-0.3, -0.25) is 0 Å². The van der Waals surface area contributed by atoms with E-state index in [1.165, 1.54) is 5.75 Å². The van der Waals surface area contributed by atoms with Crippen molar-refractivity contribution in [1.82, 2.24) is 5.32 Å². The first-order valence-corrected chi connectivity index (χ1v) is 8.81. The largest absolute Gasteiger partial charge is 0.313 e. The highest BCUT2D eigenvalue weighted by Crippen LogP contribution is 2.18. The minimum Gasteiger partial charge on any atom is -0.313 e. The van der Waals surface area contributed by atoms with Crippen molar-refractivity contribution in [2.45, 2.75) is 39.7 Å². The van der Waals surface area contributed by atoms with E-state index in [1.54, 1.807) is 12.1 Å². The standard InChI is InChI=1S/C16H25ClFNS/c1-4-7-19-14(11-20-10-12(2)3)8-13-5-6-15(17)16(18)9-13/h5-6,9,12,14,19H,4,7-8,10-11H2,1-3H3. The van der Waals surface area contributed by atoms with Gasteiger partial charge in [0.15, 0.2) is 0 Å². The summed E-state index contributed by atoms with van der Waals surface area (Å²) in [6.45, 7) is 7.63. The van der Waals surface area contributed by atoms with Crippen molar-refractivity contribution in [3.05, 3.63) is 34.6 Å². The predicted octanol–water partition coefficient (Wildman–Crippen LogP) is 4.78. The SMILES string of the molecule is CCCNC(CSCC(C)C)Cc1ccc(Cl)c(F)c1. The lowest BCUT2D eigenvalue weighted by Crippen LogP contribution is -2.34. The Labute approximate surface area is 131 Å². The van der Waals surface area contributed by atoms with Crippen molar-refractivity contribution in [2.24, 2.45) is 5.92 Å². The Kier molecular flexibility index (Phi) is 8.58. The molecule has 0 heterocycles. The molecule has 0 fully saturated rings. The van der Waals surface area contributed by atoms with E-state index in [1.807, 2.05) is 17.8 Å². The van der Waals surface area contributed by atoms with Crippen molar-refractivity contribution < 1.29 is 4.39 Å². The topological polar surface area (TPSA) is 12.0 Å². The van der Waals surface area contributed by atoms with Crippen LogP contribution in [0.15, 0.2) is 18.2 Å². The van der Waals surface area contributed by atoms with E-state index >= 15 is 0 Å². The molecule has 1 rings (SSSR count). The third kappa shape index (κ3) is 6.96. The van der Waals surface area contributed by atoms with Crippen LogP contribution < -0.4 is 5.32 Å². The number of hydrogen-bond donors (Lipinski definition) is 1. The van der Waals surface area contributed by atoms with E-state index in [2.05, 4.69) is 26.1 Å². The summed E-state index contributed by atoms with van der Waals surface area (Å²) in [6.07, 6.45) is 1.96. The zero-order chi connectivity index (χ0) is 15.0. The van der Waals surface area contributed by atoms with Gasteiger partial charge in [0.1, 0.15) is 5.82 Å². The molecule has 20 heavy (non-hydrogen) atoms. The molecule has 1 aromatic rings. The predicted molar refractivity (Wildman–Crippen MR) is 89.4 cm³/mol. The van der Waals surface area contributed by atoms with Crippen LogP contribution in [0.4, 0.5) is 4.39 Å². The van der Waals surface area contributed by atoms with Crippen LogP contribution in [0.25, 0.3) is 0 Å². The van der Waals surface area contributed by atoms with Crippen molar-refractivity contribution in [2.75, 3.05) is 18.1 Å². The minimum atomic E-state index is -0.326. The van der Waals surface area contributed by atoms with Crippen LogP contribution in [0.1, 0.15) is 32.8 Å². The second-order valence-corrected chi connectivity index (χ2v) is 7.02. The molecule has 0 aliphatic rings. The van der Waals surface area contributed by atoms with Crippen molar-refractivity contribution in [3.63, 3.8) is 0 Å². The van der Waals surface area contributed by atoms with Crippen LogP contribution in [-0.2, 0) is 6.42 Å². The maximum absolute atomic E-state index is 13.5. The summed E-state index contributed by atoms with van der Waals surface area (Å²) in [7, 11) is 0. The van der Waals surface area contributed by atoms with Crippen LogP contribution in [0.3, 0.4) is 0 Å². The first-order valence-electron chi connectivity index (χ1n) is 7.28. The lowest BCUT2D eigenvalue weighted by atomic mass is 10.1. The first-order chi connectivity index (χ1) is 9.52. The molecule has 0 amide bonds. The average Bonchev–Trinajstić information content (AvgIpc) is 2.39. The second kappa shape index (κ2) is 9.64. The van der Waals surface area contributed by atoms with Crippen molar-refractivity contribution in [1.29, 1.82) is 0 Å². The lowest BCUT2D eigenvalue weighted by Gasteiger charge is -2.19. The quantitative estimate of drug-likeness (QED) is 0.703. The molecule has 1 N–H and O–H groups in total. The van der Waals surface area contributed by atoms with Gasteiger partial charge in [0, 0.05) is 11.8 Å². The molecule has 1 nitrogen and oxygen atoms in total. The van der Waals surface area contributed by atoms with Gasteiger partial charge in [-0.05, 0) is 48.8 Å². The molecule has 1 aromatic carbocycles. The number of rotatable bonds is 9. The number of hydrogen-bond acceptors (Lipinski definition) is 2. The first kappa shape index (κ1) is 17.8. The summed E-state index contributed by atoms with van der Waals surface area (Å²) in [6, 6.07) is 5.50. The van der Waals surface area contributed by atoms with E-state index < -0.39 is 0 Å². The normalized spacial score (nSPS) is 12.9. The molecule has 114 valence electrons. The van der Waals surface area contributed by atoms with E-state index in [9.17, 15) is 4.39 Å². The fourth-order valence-corrected chi connectivity index (χ4v) is 3.18. The molecule has 0 saturated heterocycles. The van der Waals surface area contributed by atoms with E-state index in [0.717, 1.165) is 30.7 Å². The Hall–Kier alpha value is -0.250. The summed E-state index contributed by atoms with van der Waals surface area (Å²) in [5.41, 5.74) is 1.01. The molecule has 4 heteroatoms. The summed E-state index contributed by atoms with van der Waals surface area (Å²) < 4.78 is 13.5. The van der Waals surface area contributed by atoms with Crippen LogP contribution >= 0.6 is 23.4 Å². The van der Waals surface area contributed by atoms with Gasteiger partial charge >= 0.3 is 0 Å². The fourth-order valence-electron chi connectivity index (χ4n) is 1.94. The zero-order valence-electron chi connectivity index (χ0n) is 12.6. The Balaban J connectivity index is 2.55. The van der Waals surface area contributed by atoms with Gasteiger partial charge < -0.3 is 5.32 Å². The van der Waals surface area contributed by atoms with Crippen LogP contribution in [0.2, 0.25) is 5.02 Å². The van der Waals surface area contributed by atoms with Gasteiger partial charge in [-0.2, -0.15) is 11.8 Å². The molecular weight excluding hydrogens is 293 g/mol. The Morgan fingerprint density at radius 1 is 1.30 bits per heavy atom. The molecule has 0 spiro atoms. The molecule has 0 bridgehead atoms. The fraction of sp³-hybridized carbons (Fsp3) is 0.625. The summed E-state index contributed by atoms with van der Waals surface area (Å²) in [5, 5.41) is 3.74. The molecule has 1 unspecified atom stereocenters. The van der Waals surface area contributed by atoms with Gasteiger partial charge in [0.25, 0.3) is 0 Å². The molecular formula is C16H25ClFNS. The highest BCUT2D eigenvalue weighted by atomic mass is 35.5. The van der Waals surface area contributed by atoms with Gasteiger partial charge in [0.2, 0.25) is 0 Å². The number of benzene rings is 1. The molecule has 1 atom stereocenters. The van der Waals surface area contributed by atoms with Crippen LogP contribution in [0, 0.1) is 11.7 Å². The molecule has 0 aliphatic carbocycles. The smallest absolute Gasteiger partial charge is 0.142 e. The number of thioether (sulfide) groups is 1. The number of nitrogens with one attached hydrogen (secondary N) is 1. The Morgan fingerprint density at radius 2 is 2.05 bits per heavy atom. The van der Waals surface area contributed by atoms with Crippen molar-refractivity contribution in [3.8, 4) is 0 Å². The maximum atomic E-state index is 13.5. The third-order valence-corrected chi connectivity index (χ3v) is 4.77. The van der Waals surface area contributed by atoms with Gasteiger partial charge in [-0.25, -0.2) is 4.39 Å². The third-order valence-electron chi connectivity index (χ3n) is 2.92. The maximum Gasteiger partial charge on any atom is 0.142 e. The van der Waals surface area contributed by atoms with E-state index in [-0.39, 0.29) is 10.8 Å². The second-order valence-electron chi connectivity index (χ2n) is 5.53. The average molecular weight is 318 g/mol. The van der Waals surface area contributed by atoms with E-state index in [0.29, 0.717) is 12.0 Å². The Bertz CT molecular complexity index is 398.